The Morgan fingerprint density at radius 3 is 1.87 bits per heavy atom. The summed E-state index contributed by atoms with van der Waals surface area (Å²) in [6, 6.07) is 0. The monoisotopic (exact) mass is 322 g/mol. The maximum Gasteiger partial charge on any atom is 0.163 e. The molecule has 2 rings (SSSR count). The number of aliphatic hydroxyl groups excluding tert-OH is 2. The Morgan fingerprint density at radius 2 is 1.43 bits per heavy atom. The third kappa shape index (κ3) is 3.55. The first-order chi connectivity index (χ1) is 10.5. The quantitative estimate of drug-likeness (QED) is 0.778. The molecule has 0 amide bonds. The Hall–Kier alpha value is -1.49. The Kier molecular flexibility index (Phi) is 4.55. The molecule has 0 radical (unpaired) electrons. The summed E-state index contributed by atoms with van der Waals surface area (Å²) < 4.78 is 0. The lowest BCUT2D eigenvalue weighted by Crippen LogP contribution is -2.45. The molecule has 2 aliphatic rings. The lowest BCUT2D eigenvalue weighted by atomic mass is 9.64. The van der Waals surface area contributed by atoms with Crippen molar-refractivity contribution >= 4 is 17.3 Å². The van der Waals surface area contributed by atoms with E-state index in [4.69, 9.17) is 0 Å². The van der Waals surface area contributed by atoms with E-state index in [9.17, 15) is 24.6 Å². The van der Waals surface area contributed by atoms with Gasteiger partial charge in [0, 0.05) is 37.2 Å². The van der Waals surface area contributed by atoms with Gasteiger partial charge in [-0.3, -0.25) is 14.4 Å². The first-order valence-electron chi connectivity index (χ1n) is 8.09. The highest BCUT2D eigenvalue weighted by Gasteiger charge is 2.47. The largest absolute Gasteiger partial charge is 0.512 e. The number of aliphatic hydroxyl groups is 2. The van der Waals surface area contributed by atoms with E-state index in [-0.39, 0.29) is 58.8 Å². The summed E-state index contributed by atoms with van der Waals surface area (Å²) >= 11 is 0. The standard InChI is InChI=1S/C18H26O5/c1-17(2)5-11(20)15(12(21)6-17)10(9-19)16-13(22)7-18(3,4)8-14(16)23/h10,15,19,22H,5-9H2,1-4H3. The zero-order valence-corrected chi connectivity index (χ0v) is 14.3. The molecule has 0 spiro atoms. The van der Waals surface area contributed by atoms with Crippen LogP contribution in [0.3, 0.4) is 0 Å². The molecule has 0 saturated heterocycles. The summed E-state index contributed by atoms with van der Waals surface area (Å²) in [7, 11) is 0. The smallest absolute Gasteiger partial charge is 0.163 e. The normalized spacial score (nSPS) is 26.6. The number of hydrogen-bond acceptors (Lipinski definition) is 5. The van der Waals surface area contributed by atoms with E-state index >= 15 is 0 Å². The zero-order chi connectivity index (χ0) is 17.6. The SMILES string of the molecule is CC1(C)CC(=O)C(C(CO)C2=C(O)CC(C)(C)CC2=O)C(=O)C1. The molecule has 0 heterocycles. The fraction of sp³-hybridized carbons (Fsp3) is 0.722. The van der Waals surface area contributed by atoms with Crippen molar-refractivity contribution in [2.24, 2.45) is 22.7 Å². The van der Waals surface area contributed by atoms with Gasteiger partial charge >= 0.3 is 0 Å². The molecule has 0 aromatic heterocycles. The predicted octanol–water partition coefficient (Wildman–Crippen LogP) is 2.37. The average molecular weight is 322 g/mol. The van der Waals surface area contributed by atoms with Crippen LogP contribution >= 0.6 is 0 Å². The zero-order valence-electron chi connectivity index (χ0n) is 14.3. The fourth-order valence-corrected chi connectivity index (χ4v) is 3.94. The highest BCUT2D eigenvalue weighted by Crippen LogP contribution is 2.43. The molecule has 0 aromatic rings. The second-order valence-corrected chi connectivity index (χ2v) is 8.52. The molecule has 128 valence electrons. The third-order valence-corrected chi connectivity index (χ3v) is 4.87. The molecule has 23 heavy (non-hydrogen) atoms. The number of rotatable bonds is 3. The van der Waals surface area contributed by atoms with Crippen molar-refractivity contribution in [2.75, 3.05) is 6.61 Å². The maximum absolute atomic E-state index is 12.5. The van der Waals surface area contributed by atoms with Crippen LogP contribution in [-0.2, 0) is 14.4 Å². The van der Waals surface area contributed by atoms with E-state index in [2.05, 4.69) is 0 Å². The molecule has 1 atom stereocenters. The molecular weight excluding hydrogens is 296 g/mol. The van der Waals surface area contributed by atoms with Gasteiger partial charge in [0.25, 0.3) is 0 Å². The average Bonchev–Trinajstić information content (AvgIpc) is 2.31. The van der Waals surface area contributed by atoms with Crippen LogP contribution in [-0.4, -0.2) is 34.2 Å². The molecule has 1 fully saturated rings. The van der Waals surface area contributed by atoms with E-state index in [1.807, 2.05) is 27.7 Å². The van der Waals surface area contributed by atoms with E-state index in [1.165, 1.54) is 0 Å². The molecule has 5 heteroatoms. The number of hydrogen-bond donors (Lipinski definition) is 2. The molecular formula is C18H26O5. The lowest BCUT2D eigenvalue weighted by molar-refractivity contribution is -0.142. The van der Waals surface area contributed by atoms with Gasteiger partial charge in [-0.15, -0.1) is 0 Å². The van der Waals surface area contributed by atoms with Crippen LogP contribution < -0.4 is 0 Å². The Morgan fingerprint density at radius 1 is 0.957 bits per heavy atom. The van der Waals surface area contributed by atoms with Gasteiger partial charge in [-0.1, -0.05) is 27.7 Å². The van der Waals surface area contributed by atoms with Gasteiger partial charge in [0.2, 0.25) is 0 Å². The second kappa shape index (κ2) is 5.86. The summed E-state index contributed by atoms with van der Waals surface area (Å²) in [5, 5.41) is 20.1. The number of carbonyl (C=O) groups excluding carboxylic acids is 3. The lowest BCUT2D eigenvalue weighted by Gasteiger charge is -2.38. The number of allylic oxidation sites excluding steroid dienone is 1. The minimum Gasteiger partial charge on any atom is -0.512 e. The van der Waals surface area contributed by atoms with Crippen LogP contribution in [0.1, 0.15) is 53.4 Å². The van der Waals surface area contributed by atoms with Crippen LogP contribution in [0.25, 0.3) is 0 Å². The molecule has 0 bridgehead atoms. The van der Waals surface area contributed by atoms with E-state index in [1.54, 1.807) is 0 Å². The van der Waals surface area contributed by atoms with Gasteiger partial charge in [-0.05, 0) is 10.8 Å². The number of carbonyl (C=O) groups is 3. The van der Waals surface area contributed by atoms with Crippen molar-refractivity contribution in [1.29, 1.82) is 0 Å². The van der Waals surface area contributed by atoms with Crippen LogP contribution in [0.5, 0.6) is 0 Å². The van der Waals surface area contributed by atoms with Crippen molar-refractivity contribution in [3.8, 4) is 0 Å². The topological polar surface area (TPSA) is 91.7 Å². The Labute approximate surface area is 136 Å². The Bertz CT molecular complexity index is 562. The number of Topliss-reactive ketones (excluding diaryl/α,β-unsaturated/α-hetero) is 3. The van der Waals surface area contributed by atoms with Gasteiger partial charge in [0.15, 0.2) is 5.78 Å². The summed E-state index contributed by atoms with van der Waals surface area (Å²) in [6.45, 7) is 6.99. The van der Waals surface area contributed by atoms with Crippen LogP contribution in [0, 0.1) is 22.7 Å². The molecule has 0 aliphatic heterocycles. The summed E-state index contributed by atoms with van der Waals surface area (Å²) in [5.41, 5.74) is -0.661. The molecule has 5 nitrogen and oxygen atoms in total. The maximum atomic E-state index is 12.5. The Balaban J connectivity index is 2.38. The molecule has 0 aromatic carbocycles. The van der Waals surface area contributed by atoms with Gasteiger partial charge in [0.05, 0.1) is 18.3 Å². The van der Waals surface area contributed by atoms with Crippen LogP contribution in [0.15, 0.2) is 11.3 Å². The van der Waals surface area contributed by atoms with Crippen molar-refractivity contribution in [3.05, 3.63) is 11.3 Å². The van der Waals surface area contributed by atoms with E-state index < -0.39 is 18.4 Å². The van der Waals surface area contributed by atoms with Gasteiger partial charge in [-0.2, -0.15) is 0 Å². The minimum atomic E-state index is -1.02. The minimum absolute atomic E-state index is 0.0817. The number of ketones is 3. The summed E-state index contributed by atoms with van der Waals surface area (Å²) in [5.74, 6) is -2.80. The first kappa shape index (κ1) is 17.9. The fourth-order valence-electron chi connectivity index (χ4n) is 3.94. The van der Waals surface area contributed by atoms with Crippen molar-refractivity contribution in [2.45, 2.75) is 53.4 Å². The highest BCUT2D eigenvalue weighted by molar-refractivity contribution is 6.08. The molecule has 1 saturated carbocycles. The molecule has 2 aliphatic carbocycles. The van der Waals surface area contributed by atoms with Crippen molar-refractivity contribution < 1.29 is 24.6 Å². The van der Waals surface area contributed by atoms with Crippen molar-refractivity contribution in [3.63, 3.8) is 0 Å². The first-order valence-corrected chi connectivity index (χ1v) is 8.09. The van der Waals surface area contributed by atoms with Gasteiger partial charge in [-0.25, -0.2) is 0 Å². The second-order valence-electron chi connectivity index (χ2n) is 8.52. The predicted molar refractivity (Wildman–Crippen MR) is 84.8 cm³/mol. The van der Waals surface area contributed by atoms with Crippen LogP contribution in [0.4, 0.5) is 0 Å². The van der Waals surface area contributed by atoms with Crippen LogP contribution in [0.2, 0.25) is 0 Å². The highest BCUT2D eigenvalue weighted by atomic mass is 16.3. The van der Waals surface area contributed by atoms with Crippen molar-refractivity contribution in [1.82, 2.24) is 0 Å². The third-order valence-electron chi connectivity index (χ3n) is 4.87. The van der Waals surface area contributed by atoms with E-state index in [0.717, 1.165) is 0 Å². The summed E-state index contributed by atoms with van der Waals surface area (Å²) in [6.07, 6.45) is 1.04. The van der Waals surface area contributed by atoms with E-state index in [0.29, 0.717) is 6.42 Å². The molecule has 1 unspecified atom stereocenters. The summed E-state index contributed by atoms with van der Waals surface area (Å²) in [4.78, 5) is 37.4. The molecule has 2 N–H and O–H groups in total. The van der Waals surface area contributed by atoms with Gasteiger partial charge < -0.3 is 10.2 Å². The van der Waals surface area contributed by atoms with Gasteiger partial charge in [0.1, 0.15) is 11.6 Å².